The molecule has 22 heavy (non-hydrogen) atoms. The van der Waals surface area contributed by atoms with Crippen molar-refractivity contribution in [2.45, 2.75) is 19.8 Å². The summed E-state index contributed by atoms with van der Waals surface area (Å²) in [6.45, 7) is 4.72. The Morgan fingerprint density at radius 3 is 3.00 bits per heavy atom. The molecule has 1 aliphatic rings. The number of nitrogens with zero attached hydrogens (tertiary/aromatic N) is 4. The van der Waals surface area contributed by atoms with E-state index in [0.717, 1.165) is 42.4 Å². The molecule has 0 aliphatic carbocycles. The zero-order valence-electron chi connectivity index (χ0n) is 12.5. The minimum absolute atomic E-state index is 0.0242. The van der Waals surface area contributed by atoms with Gasteiger partial charge in [-0.3, -0.25) is 14.8 Å². The van der Waals surface area contributed by atoms with Crippen LogP contribution in [0.15, 0.2) is 18.6 Å². The lowest BCUT2D eigenvalue weighted by Gasteiger charge is -2.18. The first-order chi connectivity index (χ1) is 10.8. The maximum absolute atomic E-state index is 12.6. The summed E-state index contributed by atoms with van der Waals surface area (Å²) in [6, 6.07) is 0. The predicted molar refractivity (Wildman–Crippen MR) is 83.9 cm³/mol. The number of ether oxygens (including phenoxy) is 1. The van der Waals surface area contributed by atoms with Crippen molar-refractivity contribution in [3.63, 3.8) is 0 Å². The average molecular weight is 318 g/mol. The van der Waals surface area contributed by atoms with Gasteiger partial charge in [0.15, 0.2) is 0 Å². The zero-order valence-corrected chi connectivity index (χ0v) is 13.3. The van der Waals surface area contributed by atoms with E-state index >= 15 is 0 Å². The standard InChI is InChI=1S/C15H18N4O2S/c1-2-11-13(17-5-4-16-11)14-18-10-12(22-14)15(20)19-6-3-8-21-9-7-19/h4-5,10H,2-3,6-9H2,1H3. The van der Waals surface area contributed by atoms with E-state index in [1.807, 2.05) is 11.8 Å². The van der Waals surface area contributed by atoms with Gasteiger partial charge < -0.3 is 9.64 Å². The van der Waals surface area contributed by atoms with E-state index in [1.54, 1.807) is 18.6 Å². The molecule has 7 heteroatoms. The van der Waals surface area contributed by atoms with Gasteiger partial charge in [0, 0.05) is 32.1 Å². The second kappa shape index (κ2) is 6.93. The third kappa shape index (κ3) is 3.15. The summed E-state index contributed by atoms with van der Waals surface area (Å²) in [5.74, 6) is 0.0242. The molecule has 0 bridgehead atoms. The van der Waals surface area contributed by atoms with E-state index in [0.29, 0.717) is 18.0 Å². The van der Waals surface area contributed by atoms with Crippen molar-refractivity contribution in [1.82, 2.24) is 19.9 Å². The number of hydrogen-bond acceptors (Lipinski definition) is 6. The van der Waals surface area contributed by atoms with Gasteiger partial charge in [-0.15, -0.1) is 11.3 Å². The number of amides is 1. The molecule has 2 aromatic heterocycles. The van der Waals surface area contributed by atoms with Gasteiger partial charge in [-0.2, -0.15) is 0 Å². The highest BCUT2D eigenvalue weighted by Crippen LogP contribution is 2.26. The molecule has 1 amide bonds. The van der Waals surface area contributed by atoms with E-state index in [4.69, 9.17) is 4.74 Å². The highest BCUT2D eigenvalue weighted by atomic mass is 32.1. The van der Waals surface area contributed by atoms with Crippen LogP contribution in [0.1, 0.15) is 28.7 Å². The van der Waals surface area contributed by atoms with Crippen LogP contribution in [0.2, 0.25) is 0 Å². The van der Waals surface area contributed by atoms with Crippen LogP contribution in [-0.4, -0.2) is 52.1 Å². The van der Waals surface area contributed by atoms with Crippen molar-refractivity contribution in [1.29, 1.82) is 0 Å². The Balaban J connectivity index is 1.82. The van der Waals surface area contributed by atoms with Crippen LogP contribution in [0, 0.1) is 0 Å². The van der Waals surface area contributed by atoms with Crippen molar-refractivity contribution in [3.05, 3.63) is 29.2 Å². The fourth-order valence-corrected chi connectivity index (χ4v) is 3.29. The molecule has 0 radical (unpaired) electrons. The molecule has 116 valence electrons. The Bertz CT molecular complexity index is 650. The predicted octanol–water partition coefficient (Wildman–Crippen LogP) is 2.02. The topological polar surface area (TPSA) is 68.2 Å². The lowest BCUT2D eigenvalue weighted by Crippen LogP contribution is -2.32. The quantitative estimate of drug-likeness (QED) is 0.866. The van der Waals surface area contributed by atoms with Gasteiger partial charge in [0.25, 0.3) is 5.91 Å². The SMILES string of the molecule is CCc1nccnc1-c1ncc(C(=O)N2CCCOCC2)s1. The van der Waals surface area contributed by atoms with Crippen LogP contribution in [-0.2, 0) is 11.2 Å². The lowest BCUT2D eigenvalue weighted by atomic mass is 10.2. The van der Waals surface area contributed by atoms with E-state index < -0.39 is 0 Å². The summed E-state index contributed by atoms with van der Waals surface area (Å²) in [7, 11) is 0. The van der Waals surface area contributed by atoms with Gasteiger partial charge in [0.2, 0.25) is 0 Å². The van der Waals surface area contributed by atoms with Gasteiger partial charge in [-0.25, -0.2) is 4.98 Å². The fraction of sp³-hybridized carbons (Fsp3) is 0.467. The van der Waals surface area contributed by atoms with Crippen LogP contribution in [0.25, 0.3) is 10.7 Å². The molecular formula is C15H18N4O2S. The Morgan fingerprint density at radius 1 is 1.27 bits per heavy atom. The highest BCUT2D eigenvalue weighted by molar-refractivity contribution is 7.16. The van der Waals surface area contributed by atoms with Gasteiger partial charge in [-0.05, 0) is 12.8 Å². The number of rotatable bonds is 3. The van der Waals surface area contributed by atoms with Crippen molar-refractivity contribution >= 4 is 17.2 Å². The fourth-order valence-electron chi connectivity index (χ4n) is 2.39. The van der Waals surface area contributed by atoms with Gasteiger partial charge >= 0.3 is 0 Å². The molecule has 2 aromatic rings. The Labute approximate surface area is 133 Å². The molecule has 3 rings (SSSR count). The Morgan fingerprint density at radius 2 is 2.14 bits per heavy atom. The summed E-state index contributed by atoms with van der Waals surface area (Å²) in [4.78, 5) is 28.1. The zero-order chi connectivity index (χ0) is 15.4. The summed E-state index contributed by atoms with van der Waals surface area (Å²) >= 11 is 1.38. The van der Waals surface area contributed by atoms with Gasteiger partial charge in [0.1, 0.15) is 15.6 Å². The van der Waals surface area contributed by atoms with Gasteiger partial charge in [-0.1, -0.05) is 6.92 Å². The average Bonchev–Trinajstić information content (AvgIpc) is 2.89. The third-order valence-electron chi connectivity index (χ3n) is 3.54. The maximum Gasteiger partial charge on any atom is 0.265 e. The van der Waals surface area contributed by atoms with E-state index in [2.05, 4.69) is 15.0 Å². The molecule has 0 unspecified atom stereocenters. The molecule has 0 aromatic carbocycles. The van der Waals surface area contributed by atoms with Crippen molar-refractivity contribution in [2.75, 3.05) is 26.3 Å². The molecule has 0 spiro atoms. The molecule has 1 saturated heterocycles. The molecular weight excluding hydrogens is 300 g/mol. The van der Waals surface area contributed by atoms with Crippen LogP contribution in [0.3, 0.4) is 0 Å². The molecule has 1 fully saturated rings. The van der Waals surface area contributed by atoms with Crippen LogP contribution in [0.4, 0.5) is 0 Å². The summed E-state index contributed by atoms with van der Waals surface area (Å²) in [5, 5.41) is 0.749. The van der Waals surface area contributed by atoms with E-state index in [9.17, 15) is 4.79 Å². The number of hydrogen-bond donors (Lipinski definition) is 0. The van der Waals surface area contributed by atoms with Crippen LogP contribution in [0.5, 0.6) is 0 Å². The maximum atomic E-state index is 12.6. The van der Waals surface area contributed by atoms with Crippen LogP contribution < -0.4 is 0 Å². The summed E-state index contributed by atoms with van der Waals surface area (Å²) in [5.41, 5.74) is 1.67. The van der Waals surface area contributed by atoms with Crippen molar-refractivity contribution in [3.8, 4) is 10.7 Å². The van der Waals surface area contributed by atoms with E-state index in [1.165, 1.54) is 11.3 Å². The minimum Gasteiger partial charge on any atom is -0.380 e. The Kier molecular flexibility index (Phi) is 4.74. The number of thiazole rings is 1. The summed E-state index contributed by atoms with van der Waals surface area (Å²) in [6.07, 6.45) is 6.64. The molecule has 1 aliphatic heterocycles. The minimum atomic E-state index is 0.0242. The highest BCUT2D eigenvalue weighted by Gasteiger charge is 2.21. The first kappa shape index (κ1) is 15.1. The normalized spacial score (nSPS) is 15.6. The Hall–Kier alpha value is -1.86. The molecule has 0 N–H and O–H groups in total. The first-order valence-corrected chi connectivity index (χ1v) is 8.24. The molecule has 0 saturated carbocycles. The second-order valence-corrected chi connectivity index (χ2v) is 6.02. The molecule has 0 atom stereocenters. The number of aryl methyl sites for hydroxylation is 1. The largest absolute Gasteiger partial charge is 0.380 e. The molecule has 6 nitrogen and oxygen atoms in total. The molecule has 3 heterocycles. The van der Waals surface area contributed by atoms with E-state index in [-0.39, 0.29) is 5.91 Å². The number of carbonyl (C=O) groups excluding carboxylic acids is 1. The number of carbonyl (C=O) groups is 1. The monoisotopic (exact) mass is 318 g/mol. The van der Waals surface area contributed by atoms with Crippen molar-refractivity contribution < 1.29 is 9.53 Å². The smallest absolute Gasteiger partial charge is 0.265 e. The van der Waals surface area contributed by atoms with Gasteiger partial charge in [0.05, 0.1) is 18.5 Å². The third-order valence-corrected chi connectivity index (χ3v) is 4.53. The second-order valence-electron chi connectivity index (χ2n) is 4.99. The first-order valence-electron chi connectivity index (χ1n) is 7.42. The number of aromatic nitrogens is 3. The van der Waals surface area contributed by atoms with Crippen molar-refractivity contribution in [2.24, 2.45) is 0 Å². The lowest BCUT2D eigenvalue weighted by molar-refractivity contribution is 0.0746. The summed E-state index contributed by atoms with van der Waals surface area (Å²) < 4.78 is 5.39. The van der Waals surface area contributed by atoms with Crippen LogP contribution >= 0.6 is 11.3 Å².